The molecule has 0 unspecified atom stereocenters. The van der Waals surface area contributed by atoms with Crippen molar-refractivity contribution in [2.24, 2.45) is 0 Å². The first kappa shape index (κ1) is 26.4. The van der Waals surface area contributed by atoms with Crippen molar-refractivity contribution in [3.05, 3.63) is 89.5 Å². The van der Waals surface area contributed by atoms with Crippen LogP contribution in [0.3, 0.4) is 0 Å². The Morgan fingerprint density at radius 1 is 0.543 bits per heavy atom. The molecule has 3 aromatic carbocycles. The highest BCUT2D eigenvalue weighted by atomic mass is 16.7. The molecule has 0 aliphatic heterocycles. The molecule has 10 heteroatoms. The van der Waals surface area contributed by atoms with Crippen molar-refractivity contribution >= 4 is 24.1 Å². The summed E-state index contributed by atoms with van der Waals surface area (Å²) in [4.78, 5) is 46.1. The molecule has 3 rings (SSSR count). The highest BCUT2D eigenvalue weighted by molar-refractivity contribution is 5.94. The van der Waals surface area contributed by atoms with Crippen LogP contribution in [0.5, 0.6) is 17.2 Å². The summed E-state index contributed by atoms with van der Waals surface area (Å²) in [5.41, 5.74) is 0.325. The van der Waals surface area contributed by atoms with Gasteiger partial charge in [-0.25, -0.2) is 19.2 Å². The van der Waals surface area contributed by atoms with Crippen molar-refractivity contribution in [2.75, 3.05) is 21.3 Å². The van der Waals surface area contributed by atoms with Crippen LogP contribution < -0.4 is 9.47 Å². The van der Waals surface area contributed by atoms with Gasteiger partial charge < -0.3 is 28.8 Å². The summed E-state index contributed by atoms with van der Waals surface area (Å²) in [5.74, 6) is -1.95. The number of aromatic hydroxyl groups is 1. The van der Waals surface area contributed by atoms with Gasteiger partial charge in [-0.05, 0) is 36.4 Å². The van der Waals surface area contributed by atoms with Crippen molar-refractivity contribution in [3.63, 3.8) is 0 Å². The molecule has 1 N–H and O–H groups in total. The lowest BCUT2D eigenvalue weighted by Gasteiger charge is -2.10. The van der Waals surface area contributed by atoms with Crippen LogP contribution >= 0.6 is 0 Å². The molecule has 0 fully saturated rings. The molecule has 0 bridgehead atoms. The number of esters is 3. The van der Waals surface area contributed by atoms with E-state index in [0.29, 0.717) is 0 Å². The molecule has 0 radical (unpaired) electrons. The Labute approximate surface area is 200 Å². The number of ether oxygens (including phenoxy) is 5. The van der Waals surface area contributed by atoms with E-state index < -0.39 is 24.1 Å². The van der Waals surface area contributed by atoms with E-state index in [1.54, 1.807) is 36.4 Å². The number of benzene rings is 3. The maximum absolute atomic E-state index is 12.0. The zero-order valence-electron chi connectivity index (χ0n) is 19.0. The minimum Gasteiger partial charge on any atom is -0.507 e. The quantitative estimate of drug-likeness (QED) is 0.323. The lowest BCUT2D eigenvalue weighted by atomic mass is 10.2. The number of hydrogen-bond donors (Lipinski definition) is 1. The van der Waals surface area contributed by atoms with E-state index in [9.17, 15) is 19.2 Å². The lowest BCUT2D eigenvalue weighted by Crippen LogP contribution is -2.17. The third kappa shape index (κ3) is 7.32. The fraction of sp³-hybridized carbons (Fsp3) is 0.120. The third-order valence-corrected chi connectivity index (χ3v) is 4.28. The zero-order chi connectivity index (χ0) is 25.8. The number of phenols is 1. The highest BCUT2D eigenvalue weighted by Crippen LogP contribution is 2.22. The molecule has 0 saturated carbocycles. The molecule has 0 aromatic heterocycles. The average molecular weight is 482 g/mol. The maximum atomic E-state index is 12.0. The molecule has 0 heterocycles. The Bertz CT molecular complexity index is 1140. The topological polar surface area (TPSA) is 135 Å². The first-order valence-electron chi connectivity index (χ1n) is 9.93. The minimum atomic E-state index is -1.11. The van der Waals surface area contributed by atoms with Crippen LogP contribution in [-0.4, -0.2) is 50.5 Å². The smallest absolute Gasteiger partial charge is 0.507 e. The average Bonchev–Trinajstić information content (AvgIpc) is 2.88. The number of hydrogen-bond acceptors (Lipinski definition) is 10. The van der Waals surface area contributed by atoms with Crippen molar-refractivity contribution in [3.8, 4) is 17.2 Å². The zero-order valence-corrected chi connectivity index (χ0v) is 19.0. The van der Waals surface area contributed by atoms with Crippen molar-refractivity contribution in [1.82, 2.24) is 0 Å². The summed E-state index contributed by atoms with van der Waals surface area (Å²) in [6.07, 6.45) is -1.11. The molecule has 0 saturated heterocycles. The van der Waals surface area contributed by atoms with Crippen LogP contribution in [0.2, 0.25) is 0 Å². The molecule has 0 aliphatic carbocycles. The number of para-hydroxylation sites is 3. The molecular formula is C25H22O10. The van der Waals surface area contributed by atoms with Crippen LogP contribution in [0.4, 0.5) is 4.79 Å². The van der Waals surface area contributed by atoms with Crippen molar-refractivity contribution in [2.45, 2.75) is 0 Å². The number of methoxy groups -OCH3 is 3. The fourth-order valence-electron chi connectivity index (χ4n) is 2.63. The van der Waals surface area contributed by atoms with Gasteiger partial charge in [0.05, 0.1) is 21.3 Å². The highest BCUT2D eigenvalue weighted by Gasteiger charge is 2.19. The molecule has 0 spiro atoms. The van der Waals surface area contributed by atoms with E-state index in [1.165, 1.54) is 57.7 Å². The molecule has 0 atom stereocenters. The van der Waals surface area contributed by atoms with Gasteiger partial charge in [0, 0.05) is 0 Å². The summed E-state index contributed by atoms with van der Waals surface area (Å²) in [6.45, 7) is 0. The second kappa shape index (κ2) is 13.0. The lowest BCUT2D eigenvalue weighted by molar-refractivity contribution is 0.0586. The third-order valence-electron chi connectivity index (χ3n) is 4.28. The van der Waals surface area contributed by atoms with Gasteiger partial charge in [-0.1, -0.05) is 36.4 Å². The van der Waals surface area contributed by atoms with Crippen LogP contribution in [0.1, 0.15) is 31.1 Å². The molecular weight excluding hydrogens is 460 g/mol. The Kier molecular flexibility index (Phi) is 9.80. The minimum absolute atomic E-state index is 0.0232. The Morgan fingerprint density at radius 3 is 1.29 bits per heavy atom. The normalized spacial score (nSPS) is 9.57. The van der Waals surface area contributed by atoms with Crippen LogP contribution in [0, 0.1) is 0 Å². The number of carbonyl (C=O) groups excluding carboxylic acids is 4. The number of carbonyl (C=O) groups is 4. The predicted molar refractivity (Wildman–Crippen MR) is 122 cm³/mol. The summed E-state index contributed by atoms with van der Waals surface area (Å²) >= 11 is 0. The second-order valence-corrected chi connectivity index (χ2v) is 6.44. The molecule has 0 amide bonds. The maximum Gasteiger partial charge on any atom is 0.519 e. The van der Waals surface area contributed by atoms with Crippen LogP contribution in [0.15, 0.2) is 72.8 Å². The second-order valence-electron chi connectivity index (χ2n) is 6.44. The molecule has 0 aliphatic rings. The Balaban J connectivity index is 0.000000328. The number of rotatable bonds is 5. The standard InChI is InChI=1S/C17H14O7.C8H8O3/c1-21-15(18)11-7-3-5-9-13(11)23-17(20)24-14-10-6-4-8-12(14)16(19)22-2;1-11-8(10)6-4-2-3-5-7(6)9/h3-10H,1-2H3;2-5,9H,1H3. The SMILES string of the molecule is COC(=O)c1ccccc1O.COC(=O)c1ccccc1OC(=O)Oc1ccccc1C(=O)OC. The van der Waals surface area contributed by atoms with Crippen molar-refractivity contribution < 1.29 is 48.0 Å². The van der Waals surface area contributed by atoms with E-state index >= 15 is 0 Å². The van der Waals surface area contributed by atoms with Crippen molar-refractivity contribution in [1.29, 1.82) is 0 Å². The summed E-state index contributed by atoms with van der Waals surface area (Å²) in [6, 6.07) is 18.3. The van der Waals surface area contributed by atoms with Crippen LogP contribution in [-0.2, 0) is 14.2 Å². The van der Waals surface area contributed by atoms with Gasteiger partial charge in [-0.15, -0.1) is 0 Å². The summed E-state index contributed by atoms with van der Waals surface area (Å²) in [5, 5.41) is 9.11. The van der Waals surface area contributed by atoms with E-state index in [4.69, 9.17) is 14.6 Å². The summed E-state index contributed by atoms with van der Waals surface area (Å²) in [7, 11) is 3.70. The number of phenolic OH excluding ortho intramolecular Hbond substituents is 1. The van der Waals surface area contributed by atoms with Gasteiger partial charge in [0.15, 0.2) is 0 Å². The Hall–Kier alpha value is -4.86. The monoisotopic (exact) mass is 482 g/mol. The van der Waals surface area contributed by atoms with E-state index in [0.717, 1.165) is 0 Å². The first-order valence-corrected chi connectivity index (χ1v) is 9.93. The van der Waals surface area contributed by atoms with Gasteiger partial charge in [0.25, 0.3) is 0 Å². The van der Waals surface area contributed by atoms with Crippen LogP contribution in [0.25, 0.3) is 0 Å². The van der Waals surface area contributed by atoms with Gasteiger partial charge >= 0.3 is 24.1 Å². The fourth-order valence-corrected chi connectivity index (χ4v) is 2.63. The predicted octanol–water partition coefficient (Wildman–Crippen LogP) is 4.02. The largest absolute Gasteiger partial charge is 0.519 e. The Morgan fingerprint density at radius 2 is 0.886 bits per heavy atom. The van der Waals surface area contributed by atoms with E-state index in [1.807, 2.05) is 0 Å². The first-order chi connectivity index (χ1) is 16.8. The molecule has 182 valence electrons. The van der Waals surface area contributed by atoms with E-state index in [2.05, 4.69) is 14.2 Å². The molecule has 3 aromatic rings. The van der Waals surface area contributed by atoms with E-state index in [-0.39, 0.29) is 33.9 Å². The van der Waals surface area contributed by atoms with Gasteiger partial charge in [-0.2, -0.15) is 0 Å². The van der Waals surface area contributed by atoms with Gasteiger partial charge in [-0.3, -0.25) is 0 Å². The van der Waals surface area contributed by atoms with Gasteiger partial charge in [0.2, 0.25) is 0 Å². The van der Waals surface area contributed by atoms with Gasteiger partial charge in [0.1, 0.15) is 33.9 Å². The molecule has 10 nitrogen and oxygen atoms in total. The molecule has 35 heavy (non-hydrogen) atoms. The summed E-state index contributed by atoms with van der Waals surface area (Å²) < 4.78 is 23.7.